The molecule has 0 radical (unpaired) electrons. The Kier molecular flexibility index (Phi) is 2.55. The van der Waals surface area contributed by atoms with Crippen molar-refractivity contribution in [2.24, 2.45) is 0 Å². The highest BCUT2D eigenvalue weighted by Gasteiger charge is 2.18. The molecule has 1 N–H and O–H groups in total. The highest BCUT2D eigenvalue weighted by Crippen LogP contribution is 2.34. The summed E-state index contributed by atoms with van der Waals surface area (Å²) in [6.07, 6.45) is 4.00. The molecule has 1 aromatic heterocycles. The van der Waals surface area contributed by atoms with E-state index >= 15 is 0 Å². The van der Waals surface area contributed by atoms with Gasteiger partial charge in [0, 0.05) is 17.3 Å². The van der Waals surface area contributed by atoms with Gasteiger partial charge in [0.1, 0.15) is 17.3 Å². The number of para-hydroxylation sites is 1. The quantitative estimate of drug-likeness (QED) is 0.878. The van der Waals surface area contributed by atoms with Gasteiger partial charge >= 0.3 is 0 Å². The van der Waals surface area contributed by atoms with E-state index in [1.165, 1.54) is 0 Å². The van der Waals surface area contributed by atoms with Gasteiger partial charge in [-0.15, -0.1) is 0 Å². The van der Waals surface area contributed by atoms with Crippen LogP contribution in [0.15, 0.2) is 36.5 Å². The fraction of sp³-hybridized carbons (Fsp3) is 0.214. The minimum absolute atomic E-state index is 0.804. The second-order valence-electron chi connectivity index (χ2n) is 4.25. The Morgan fingerprint density at radius 2 is 2.17 bits per heavy atom. The van der Waals surface area contributed by atoms with E-state index in [1.807, 2.05) is 41.2 Å². The number of nitrogens with zero attached hydrogens (tertiary/aromatic N) is 2. The second-order valence-corrected chi connectivity index (χ2v) is 4.25. The van der Waals surface area contributed by atoms with Crippen LogP contribution in [0.5, 0.6) is 5.75 Å². The summed E-state index contributed by atoms with van der Waals surface area (Å²) in [4.78, 5) is 0. The van der Waals surface area contributed by atoms with Crippen LogP contribution in [0.25, 0.3) is 11.3 Å². The average molecular weight is 241 g/mol. The van der Waals surface area contributed by atoms with E-state index < -0.39 is 0 Å². The molecular weight excluding hydrogens is 226 g/mol. The largest absolute Gasteiger partial charge is 0.496 e. The lowest BCUT2D eigenvalue weighted by Crippen LogP contribution is -2.08. The fourth-order valence-electron chi connectivity index (χ4n) is 2.25. The zero-order chi connectivity index (χ0) is 12.5. The highest BCUT2D eigenvalue weighted by atomic mass is 16.5. The number of allylic oxidation sites excluding steroid dienone is 1. The summed E-state index contributed by atoms with van der Waals surface area (Å²) >= 11 is 0. The minimum Gasteiger partial charge on any atom is -0.496 e. The van der Waals surface area contributed by atoms with Crippen LogP contribution in [0.4, 0.5) is 5.82 Å². The third-order valence-electron chi connectivity index (χ3n) is 3.17. The Hall–Kier alpha value is -2.23. The number of methoxy groups -OCH3 is 1. The molecule has 0 spiro atoms. The molecule has 0 saturated carbocycles. The molecule has 0 aliphatic carbocycles. The monoisotopic (exact) mass is 241 g/mol. The van der Waals surface area contributed by atoms with E-state index in [0.29, 0.717) is 0 Å². The molecule has 0 amide bonds. The van der Waals surface area contributed by atoms with E-state index in [2.05, 4.69) is 17.3 Å². The van der Waals surface area contributed by atoms with Crippen LogP contribution in [0, 0.1) is 6.92 Å². The number of hydrogen-bond acceptors (Lipinski definition) is 3. The molecule has 0 unspecified atom stereocenters. The maximum Gasteiger partial charge on any atom is 0.132 e. The van der Waals surface area contributed by atoms with Crippen LogP contribution >= 0.6 is 0 Å². The summed E-state index contributed by atoms with van der Waals surface area (Å²) in [5, 5.41) is 7.89. The summed E-state index contributed by atoms with van der Waals surface area (Å²) in [6, 6.07) is 7.96. The zero-order valence-electron chi connectivity index (χ0n) is 10.5. The van der Waals surface area contributed by atoms with Crippen molar-refractivity contribution in [3.8, 4) is 17.0 Å². The predicted octanol–water partition coefficient (Wildman–Crippen LogP) is 2.81. The van der Waals surface area contributed by atoms with Crippen molar-refractivity contribution < 1.29 is 4.74 Å². The first-order valence-electron chi connectivity index (χ1n) is 5.93. The predicted molar refractivity (Wildman–Crippen MR) is 71.7 cm³/mol. The van der Waals surface area contributed by atoms with Gasteiger partial charge in [-0.1, -0.05) is 12.1 Å². The maximum atomic E-state index is 5.40. The van der Waals surface area contributed by atoms with Crippen molar-refractivity contribution in [1.29, 1.82) is 0 Å². The molecule has 1 aliphatic heterocycles. The molecule has 0 bridgehead atoms. The van der Waals surface area contributed by atoms with Crippen molar-refractivity contribution >= 4 is 5.82 Å². The van der Waals surface area contributed by atoms with Crippen molar-refractivity contribution in [3.63, 3.8) is 0 Å². The van der Waals surface area contributed by atoms with Crippen molar-refractivity contribution in [3.05, 3.63) is 42.1 Å². The Bertz CT molecular complexity index is 613. The average Bonchev–Trinajstić information content (AvgIpc) is 2.76. The number of hydrogen-bond donors (Lipinski definition) is 1. The number of nitrogens with one attached hydrogen (secondary N) is 1. The van der Waals surface area contributed by atoms with Gasteiger partial charge in [-0.3, -0.25) is 0 Å². The van der Waals surface area contributed by atoms with Gasteiger partial charge in [-0.2, -0.15) is 5.10 Å². The summed E-state index contributed by atoms with van der Waals surface area (Å²) in [6.45, 7) is 2.88. The summed E-state index contributed by atoms with van der Waals surface area (Å²) in [5.41, 5.74) is 3.14. The molecule has 0 fully saturated rings. The molecule has 4 heteroatoms. The first-order chi connectivity index (χ1) is 8.81. The Morgan fingerprint density at radius 1 is 1.33 bits per heavy atom. The van der Waals surface area contributed by atoms with Crippen molar-refractivity contribution in [2.45, 2.75) is 13.5 Å². The SMILES string of the molecule is COc1ccccc1-c1nn2c(c1C)NC=CC2. The molecular formula is C14H15N3O. The van der Waals surface area contributed by atoms with Crippen LogP contribution in [0.2, 0.25) is 0 Å². The van der Waals surface area contributed by atoms with E-state index in [0.717, 1.165) is 34.9 Å². The zero-order valence-corrected chi connectivity index (χ0v) is 10.5. The third-order valence-corrected chi connectivity index (χ3v) is 3.17. The molecule has 4 nitrogen and oxygen atoms in total. The van der Waals surface area contributed by atoms with E-state index in [9.17, 15) is 0 Å². The molecule has 18 heavy (non-hydrogen) atoms. The smallest absolute Gasteiger partial charge is 0.132 e. The van der Waals surface area contributed by atoms with Gasteiger partial charge < -0.3 is 10.1 Å². The molecule has 0 atom stereocenters. The molecule has 92 valence electrons. The Balaban J connectivity index is 2.15. The van der Waals surface area contributed by atoms with Crippen molar-refractivity contribution in [2.75, 3.05) is 12.4 Å². The van der Waals surface area contributed by atoms with E-state index in [-0.39, 0.29) is 0 Å². The van der Waals surface area contributed by atoms with E-state index in [1.54, 1.807) is 7.11 Å². The summed E-state index contributed by atoms with van der Waals surface area (Å²) < 4.78 is 7.37. The summed E-state index contributed by atoms with van der Waals surface area (Å²) in [7, 11) is 1.68. The standard InChI is InChI=1S/C14H15N3O/c1-10-13(11-6-3-4-7-12(11)18-2)16-17-9-5-8-15-14(10)17/h3-8,15H,9H2,1-2H3. The van der Waals surface area contributed by atoms with Gasteiger partial charge in [0.15, 0.2) is 0 Å². The number of anilines is 1. The van der Waals surface area contributed by atoms with Crippen LogP contribution in [0.1, 0.15) is 5.56 Å². The Morgan fingerprint density at radius 3 is 2.94 bits per heavy atom. The molecule has 2 aromatic rings. The molecule has 1 aromatic carbocycles. The van der Waals surface area contributed by atoms with Gasteiger partial charge in [-0.25, -0.2) is 4.68 Å². The van der Waals surface area contributed by atoms with Gasteiger partial charge in [0.25, 0.3) is 0 Å². The van der Waals surface area contributed by atoms with Crippen LogP contribution in [-0.4, -0.2) is 16.9 Å². The first kappa shape index (κ1) is 10.9. The van der Waals surface area contributed by atoms with Crippen LogP contribution in [-0.2, 0) is 6.54 Å². The molecule has 1 aliphatic rings. The minimum atomic E-state index is 0.804. The fourth-order valence-corrected chi connectivity index (χ4v) is 2.25. The lowest BCUT2D eigenvalue weighted by Gasteiger charge is -2.09. The number of benzene rings is 1. The normalized spacial score (nSPS) is 13.0. The number of rotatable bonds is 2. The van der Waals surface area contributed by atoms with E-state index in [4.69, 9.17) is 4.74 Å². The lowest BCUT2D eigenvalue weighted by atomic mass is 10.1. The number of fused-ring (bicyclic) bond motifs is 1. The Labute approximate surface area is 106 Å². The maximum absolute atomic E-state index is 5.40. The first-order valence-corrected chi connectivity index (χ1v) is 5.93. The molecule has 3 rings (SSSR count). The summed E-state index contributed by atoms with van der Waals surface area (Å²) in [5.74, 6) is 1.91. The molecule has 0 saturated heterocycles. The third kappa shape index (κ3) is 1.57. The highest BCUT2D eigenvalue weighted by molar-refractivity contribution is 5.74. The van der Waals surface area contributed by atoms with Gasteiger partial charge in [-0.05, 0) is 25.1 Å². The van der Waals surface area contributed by atoms with Gasteiger partial charge in [0.05, 0.1) is 13.7 Å². The lowest BCUT2D eigenvalue weighted by molar-refractivity contribution is 0.416. The van der Waals surface area contributed by atoms with Crippen LogP contribution < -0.4 is 10.1 Å². The number of ether oxygens (including phenoxy) is 1. The van der Waals surface area contributed by atoms with Gasteiger partial charge in [0.2, 0.25) is 0 Å². The van der Waals surface area contributed by atoms with Crippen molar-refractivity contribution in [1.82, 2.24) is 9.78 Å². The molecule has 2 heterocycles. The van der Waals surface area contributed by atoms with Crippen LogP contribution in [0.3, 0.4) is 0 Å². The topological polar surface area (TPSA) is 39.1 Å². The second kappa shape index (κ2) is 4.22. The number of aromatic nitrogens is 2.